The van der Waals surface area contributed by atoms with Gasteiger partial charge < -0.3 is 5.11 Å². The summed E-state index contributed by atoms with van der Waals surface area (Å²) in [6, 6.07) is 17.0. The van der Waals surface area contributed by atoms with Crippen LogP contribution in [0.4, 0.5) is 0 Å². The van der Waals surface area contributed by atoms with E-state index in [0.29, 0.717) is 17.5 Å². The normalized spacial score (nSPS) is 11.5. The second-order valence-electron chi connectivity index (χ2n) is 5.67. The molecule has 0 unspecified atom stereocenters. The van der Waals surface area contributed by atoms with Crippen molar-refractivity contribution in [1.82, 2.24) is 0 Å². The van der Waals surface area contributed by atoms with Crippen molar-refractivity contribution in [3.05, 3.63) is 59.7 Å². The van der Waals surface area contributed by atoms with E-state index in [0.717, 1.165) is 11.1 Å². The van der Waals surface area contributed by atoms with Crippen molar-refractivity contribution in [2.75, 3.05) is 0 Å². The number of carboxylic acid groups (broad SMARTS) is 1. The molecular formula is C20H19NO3. The van der Waals surface area contributed by atoms with Gasteiger partial charge in [0.2, 0.25) is 0 Å². The lowest BCUT2D eigenvalue weighted by Crippen LogP contribution is -2.25. The summed E-state index contributed by atoms with van der Waals surface area (Å²) in [5.74, 6) is -2.44. The fraction of sp³-hybridized carbons (Fsp3) is 0.250. The highest BCUT2D eigenvalue weighted by Crippen LogP contribution is 2.25. The quantitative estimate of drug-likeness (QED) is 0.786. The fourth-order valence-corrected chi connectivity index (χ4v) is 2.68. The van der Waals surface area contributed by atoms with Crippen molar-refractivity contribution >= 4 is 11.8 Å². The molecule has 0 heterocycles. The predicted molar refractivity (Wildman–Crippen MR) is 91.3 cm³/mol. The van der Waals surface area contributed by atoms with E-state index in [1.54, 1.807) is 12.1 Å². The zero-order valence-corrected chi connectivity index (χ0v) is 13.5. The Morgan fingerprint density at radius 1 is 1.17 bits per heavy atom. The summed E-state index contributed by atoms with van der Waals surface area (Å²) in [5.41, 5.74) is 2.89. The standard InChI is InChI=1S/C20H19NO3/c1-2-6-19(22)18(20(23)24)12-14-9-10-17(16(11-14)13-21)15-7-4-3-5-8-15/h3-5,7-11,18H,2,6,12H2,1H3,(H,23,24)/t18-/m1/s1. The minimum atomic E-state index is -1.11. The van der Waals surface area contributed by atoms with Crippen LogP contribution in [0.25, 0.3) is 11.1 Å². The van der Waals surface area contributed by atoms with E-state index in [-0.39, 0.29) is 18.6 Å². The maximum Gasteiger partial charge on any atom is 0.314 e. The molecule has 2 rings (SSSR count). The Balaban J connectivity index is 2.31. The predicted octanol–water partition coefficient (Wildman–Crippen LogP) is 3.84. The van der Waals surface area contributed by atoms with E-state index in [1.807, 2.05) is 43.3 Å². The largest absolute Gasteiger partial charge is 0.481 e. The fourth-order valence-electron chi connectivity index (χ4n) is 2.68. The first-order valence-electron chi connectivity index (χ1n) is 7.90. The molecule has 4 heteroatoms. The maximum atomic E-state index is 12.0. The van der Waals surface area contributed by atoms with Crippen molar-refractivity contribution in [2.24, 2.45) is 5.92 Å². The van der Waals surface area contributed by atoms with Gasteiger partial charge in [-0.3, -0.25) is 9.59 Å². The van der Waals surface area contributed by atoms with E-state index in [1.165, 1.54) is 0 Å². The van der Waals surface area contributed by atoms with Crippen LogP contribution in [0.1, 0.15) is 30.9 Å². The van der Waals surface area contributed by atoms with Crippen molar-refractivity contribution < 1.29 is 14.7 Å². The number of Topliss-reactive ketones (excluding diaryl/α,β-unsaturated/α-hetero) is 1. The van der Waals surface area contributed by atoms with Crippen LogP contribution in [0.15, 0.2) is 48.5 Å². The van der Waals surface area contributed by atoms with E-state index in [4.69, 9.17) is 0 Å². The Labute approximate surface area is 141 Å². The molecule has 0 bridgehead atoms. The van der Waals surface area contributed by atoms with Crippen LogP contribution in [0, 0.1) is 17.2 Å². The molecule has 0 radical (unpaired) electrons. The van der Waals surface area contributed by atoms with Gasteiger partial charge in [0.1, 0.15) is 11.7 Å². The zero-order valence-electron chi connectivity index (χ0n) is 13.5. The summed E-state index contributed by atoms with van der Waals surface area (Å²) in [4.78, 5) is 23.4. The van der Waals surface area contributed by atoms with Crippen molar-refractivity contribution in [3.8, 4) is 17.2 Å². The molecule has 0 aliphatic heterocycles. The third kappa shape index (κ3) is 4.08. The first kappa shape index (κ1) is 17.4. The Kier molecular flexibility index (Phi) is 5.86. The molecule has 1 atom stereocenters. The summed E-state index contributed by atoms with van der Waals surface area (Å²) >= 11 is 0. The van der Waals surface area contributed by atoms with Crippen molar-refractivity contribution in [1.29, 1.82) is 5.26 Å². The monoisotopic (exact) mass is 321 g/mol. The molecule has 24 heavy (non-hydrogen) atoms. The first-order chi connectivity index (χ1) is 11.6. The number of ketones is 1. The number of hydrogen-bond donors (Lipinski definition) is 1. The summed E-state index contributed by atoms with van der Waals surface area (Å²) in [5, 5.41) is 18.7. The van der Waals surface area contributed by atoms with Crippen LogP contribution in [0.2, 0.25) is 0 Å². The van der Waals surface area contributed by atoms with Crippen LogP contribution in [-0.2, 0) is 16.0 Å². The number of aliphatic carboxylic acids is 1. The van der Waals surface area contributed by atoms with E-state index < -0.39 is 11.9 Å². The second kappa shape index (κ2) is 8.07. The molecular weight excluding hydrogens is 302 g/mol. The van der Waals surface area contributed by atoms with Crippen LogP contribution >= 0.6 is 0 Å². The molecule has 0 spiro atoms. The molecule has 4 nitrogen and oxygen atoms in total. The Morgan fingerprint density at radius 2 is 1.88 bits per heavy atom. The van der Waals surface area contributed by atoms with Gasteiger partial charge in [0.15, 0.2) is 0 Å². The van der Waals surface area contributed by atoms with Gasteiger partial charge in [0.05, 0.1) is 11.6 Å². The average molecular weight is 321 g/mol. The Morgan fingerprint density at radius 3 is 2.46 bits per heavy atom. The maximum absolute atomic E-state index is 12.0. The average Bonchev–Trinajstić information content (AvgIpc) is 2.60. The molecule has 0 aliphatic carbocycles. The molecule has 0 saturated carbocycles. The third-order valence-electron chi connectivity index (χ3n) is 3.91. The lowest BCUT2D eigenvalue weighted by Gasteiger charge is -2.12. The molecule has 0 amide bonds. The summed E-state index contributed by atoms with van der Waals surface area (Å²) < 4.78 is 0. The van der Waals surface area contributed by atoms with Gasteiger partial charge in [0, 0.05) is 6.42 Å². The highest BCUT2D eigenvalue weighted by Gasteiger charge is 2.25. The minimum absolute atomic E-state index is 0.109. The Hall–Kier alpha value is -2.93. The highest BCUT2D eigenvalue weighted by molar-refractivity contribution is 5.98. The third-order valence-corrected chi connectivity index (χ3v) is 3.91. The molecule has 0 aromatic heterocycles. The number of carbonyl (C=O) groups is 2. The number of nitrogens with zero attached hydrogens (tertiary/aromatic N) is 1. The van der Waals surface area contributed by atoms with Crippen LogP contribution in [0.3, 0.4) is 0 Å². The van der Waals surface area contributed by atoms with E-state index in [9.17, 15) is 20.0 Å². The lowest BCUT2D eigenvalue weighted by atomic mass is 9.90. The molecule has 0 saturated heterocycles. The molecule has 2 aromatic carbocycles. The van der Waals surface area contributed by atoms with Crippen LogP contribution in [-0.4, -0.2) is 16.9 Å². The van der Waals surface area contributed by atoms with Gasteiger partial charge in [0.25, 0.3) is 0 Å². The summed E-state index contributed by atoms with van der Waals surface area (Å²) in [7, 11) is 0. The van der Waals surface area contributed by atoms with E-state index >= 15 is 0 Å². The number of nitriles is 1. The van der Waals surface area contributed by atoms with Gasteiger partial charge in [-0.25, -0.2) is 0 Å². The molecule has 122 valence electrons. The molecule has 1 N–H and O–H groups in total. The van der Waals surface area contributed by atoms with Crippen molar-refractivity contribution in [2.45, 2.75) is 26.2 Å². The van der Waals surface area contributed by atoms with Gasteiger partial charge in [-0.1, -0.05) is 49.4 Å². The van der Waals surface area contributed by atoms with Crippen molar-refractivity contribution in [3.63, 3.8) is 0 Å². The highest BCUT2D eigenvalue weighted by atomic mass is 16.4. The smallest absolute Gasteiger partial charge is 0.314 e. The first-order valence-corrected chi connectivity index (χ1v) is 7.90. The van der Waals surface area contributed by atoms with Gasteiger partial charge in [-0.15, -0.1) is 0 Å². The van der Waals surface area contributed by atoms with Gasteiger partial charge in [-0.05, 0) is 35.6 Å². The second-order valence-corrected chi connectivity index (χ2v) is 5.67. The van der Waals surface area contributed by atoms with Crippen LogP contribution < -0.4 is 0 Å². The van der Waals surface area contributed by atoms with Gasteiger partial charge >= 0.3 is 5.97 Å². The number of rotatable bonds is 7. The van der Waals surface area contributed by atoms with Crippen LogP contribution in [0.5, 0.6) is 0 Å². The number of carboxylic acids is 1. The minimum Gasteiger partial charge on any atom is -0.481 e. The molecule has 2 aromatic rings. The van der Waals surface area contributed by atoms with E-state index in [2.05, 4.69) is 6.07 Å². The number of benzene rings is 2. The zero-order chi connectivity index (χ0) is 17.5. The Bertz CT molecular complexity index is 775. The SMILES string of the molecule is CCCC(=O)[C@@H](Cc1ccc(-c2ccccc2)c(C#N)c1)C(=O)O. The summed E-state index contributed by atoms with van der Waals surface area (Å²) in [6.07, 6.45) is 0.987. The molecule has 0 fully saturated rings. The topological polar surface area (TPSA) is 78.2 Å². The lowest BCUT2D eigenvalue weighted by molar-refractivity contribution is -0.146. The number of hydrogen-bond acceptors (Lipinski definition) is 3. The summed E-state index contributed by atoms with van der Waals surface area (Å²) in [6.45, 7) is 1.85. The number of carbonyl (C=O) groups excluding carboxylic acids is 1. The van der Waals surface area contributed by atoms with Gasteiger partial charge in [-0.2, -0.15) is 5.26 Å². The molecule has 0 aliphatic rings.